The van der Waals surface area contributed by atoms with Crippen LogP contribution < -0.4 is 16.6 Å². The van der Waals surface area contributed by atoms with Crippen molar-refractivity contribution in [2.45, 2.75) is 65.5 Å². The molecule has 0 unspecified atom stereocenters. The molecule has 7 heteroatoms. The molecule has 0 radical (unpaired) electrons. The zero-order valence-corrected chi connectivity index (χ0v) is 18.7. The van der Waals surface area contributed by atoms with Gasteiger partial charge in [0.15, 0.2) is 11.2 Å². The van der Waals surface area contributed by atoms with Crippen LogP contribution in [0.3, 0.4) is 0 Å². The topological polar surface area (TPSA) is 73.8 Å². The zero-order chi connectivity index (χ0) is 21.8. The zero-order valence-electron chi connectivity index (χ0n) is 18.7. The van der Waals surface area contributed by atoms with Gasteiger partial charge in [-0.1, -0.05) is 57.4 Å². The Bertz CT molecular complexity index is 1130. The lowest BCUT2D eigenvalue weighted by atomic mass is 9.96. The number of hydrogen-bond donors (Lipinski definition) is 1. The van der Waals surface area contributed by atoms with Crippen LogP contribution in [0.1, 0.15) is 57.1 Å². The third kappa shape index (κ3) is 4.06. The lowest BCUT2D eigenvalue weighted by Gasteiger charge is -2.23. The standard InChI is InChI=1S/C21H27N5O2.C2H6/c1-14-9-7-8-10-15(14)13-26-17-18(24(2)21(28)25(3)19(17)27)23-20(26)22-16-11-5-4-6-12-16;1-2/h7-10,16H,4-6,11-13H2,1-3H3,(H,22,23);1-2H3. The molecule has 2 heterocycles. The summed E-state index contributed by atoms with van der Waals surface area (Å²) in [5.41, 5.74) is 2.52. The molecule has 1 aliphatic carbocycles. The Morgan fingerprint density at radius 1 is 1.03 bits per heavy atom. The maximum absolute atomic E-state index is 13.0. The maximum atomic E-state index is 13.0. The summed E-state index contributed by atoms with van der Waals surface area (Å²) in [5.74, 6) is 0.670. The van der Waals surface area contributed by atoms with Crippen molar-refractivity contribution in [1.29, 1.82) is 0 Å². The Labute approximate surface area is 177 Å². The SMILES string of the molecule is CC.Cc1ccccc1Cn1c(NC2CCCCC2)nc2c1c(=O)n(C)c(=O)n2C. The van der Waals surface area contributed by atoms with Gasteiger partial charge in [-0.25, -0.2) is 4.79 Å². The molecule has 1 saturated carbocycles. The van der Waals surface area contributed by atoms with E-state index in [2.05, 4.69) is 24.4 Å². The van der Waals surface area contributed by atoms with Crippen LogP contribution in [-0.4, -0.2) is 24.7 Å². The van der Waals surface area contributed by atoms with Crippen molar-refractivity contribution in [3.63, 3.8) is 0 Å². The maximum Gasteiger partial charge on any atom is 0.332 e. The normalized spacial score (nSPS) is 14.4. The molecule has 7 nitrogen and oxygen atoms in total. The number of hydrogen-bond acceptors (Lipinski definition) is 4. The molecule has 3 aromatic rings. The van der Waals surface area contributed by atoms with E-state index in [0.717, 1.165) is 28.5 Å². The van der Waals surface area contributed by atoms with Gasteiger partial charge < -0.3 is 5.32 Å². The molecule has 2 aromatic heterocycles. The van der Waals surface area contributed by atoms with Crippen LogP contribution in [0.25, 0.3) is 11.2 Å². The molecule has 1 N–H and O–H groups in total. The van der Waals surface area contributed by atoms with Gasteiger partial charge in [0.05, 0.1) is 6.54 Å². The summed E-state index contributed by atoms with van der Waals surface area (Å²) in [6, 6.07) is 8.49. The average molecular weight is 412 g/mol. The Hall–Kier alpha value is -2.83. The highest BCUT2D eigenvalue weighted by Crippen LogP contribution is 2.24. The van der Waals surface area contributed by atoms with Crippen LogP contribution in [0.5, 0.6) is 0 Å². The Kier molecular flexibility index (Phi) is 6.80. The van der Waals surface area contributed by atoms with Crippen molar-refractivity contribution < 1.29 is 0 Å². The van der Waals surface area contributed by atoms with Gasteiger partial charge in [-0.3, -0.25) is 18.5 Å². The smallest absolute Gasteiger partial charge is 0.332 e. The minimum Gasteiger partial charge on any atom is -0.353 e. The summed E-state index contributed by atoms with van der Waals surface area (Å²) >= 11 is 0. The van der Waals surface area contributed by atoms with Crippen molar-refractivity contribution >= 4 is 17.1 Å². The molecule has 0 atom stereocenters. The molecule has 162 valence electrons. The predicted molar refractivity (Wildman–Crippen MR) is 122 cm³/mol. The van der Waals surface area contributed by atoms with Gasteiger partial charge in [0.2, 0.25) is 5.95 Å². The van der Waals surface area contributed by atoms with Gasteiger partial charge in [-0.05, 0) is 30.9 Å². The predicted octanol–water partition coefficient (Wildman–Crippen LogP) is 3.56. The second-order valence-corrected chi connectivity index (χ2v) is 7.81. The van der Waals surface area contributed by atoms with E-state index < -0.39 is 0 Å². The highest BCUT2D eigenvalue weighted by molar-refractivity contribution is 5.74. The minimum absolute atomic E-state index is 0.309. The number of nitrogens with zero attached hydrogens (tertiary/aromatic N) is 4. The van der Waals surface area contributed by atoms with Crippen LogP contribution in [-0.2, 0) is 20.6 Å². The second-order valence-electron chi connectivity index (χ2n) is 7.81. The van der Waals surface area contributed by atoms with Crippen LogP contribution in [0.15, 0.2) is 33.9 Å². The van der Waals surface area contributed by atoms with Crippen LogP contribution in [0.2, 0.25) is 0 Å². The van der Waals surface area contributed by atoms with Crippen molar-refractivity contribution in [3.8, 4) is 0 Å². The fourth-order valence-corrected chi connectivity index (χ4v) is 4.10. The summed E-state index contributed by atoms with van der Waals surface area (Å²) in [7, 11) is 3.18. The summed E-state index contributed by atoms with van der Waals surface area (Å²) in [5, 5.41) is 3.56. The number of fused-ring (bicyclic) bond motifs is 1. The van der Waals surface area contributed by atoms with E-state index in [4.69, 9.17) is 4.98 Å². The molecule has 0 saturated heterocycles. The van der Waals surface area contributed by atoms with E-state index >= 15 is 0 Å². The van der Waals surface area contributed by atoms with Gasteiger partial charge in [-0.15, -0.1) is 0 Å². The van der Waals surface area contributed by atoms with Crippen molar-refractivity contribution in [1.82, 2.24) is 18.7 Å². The first-order chi connectivity index (χ1) is 14.5. The average Bonchev–Trinajstić information content (AvgIpc) is 3.12. The number of nitrogens with one attached hydrogen (secondary N) is 1. The molecular formula is C23H33N5O2. The molecular weight excluding hydrogens is 378 g/mol. The monoisotopic (exact) mass is 411 g/mol. The van der Waals surface area contributed by atoms with Crippen LogP contribution in [0, 0.1) is 6.92 Å². The first-order valence-corrected chi connectivity index (χ1v) is 10.9. The molecule has 0 amide bonds. The van der Waals surface area contributed by atoms with E-state index in [1.54, 1.807) is 7.05 Å². The van der Waals surface area contributed by atoms with E-state index in [-0.39, 0.29) is 11.2 Å². The van der Waals surface area contributed by atoms with E-state index in [1.807, 2.05) is 30.5 Å². The summed E-state index contributed by atoms with van der Waals surface area (Å²) in [6.45, 7) is 6.60. The van der Waals surface area contributed by atoms with Gasteiger partial charge in [0, 0.05) is 20.1 Å². The Morgan fingerprint density at radius 3 is 2.37 bits per heavy atom. The third-order valence-corrected chi connectivity index (χ3v) is 5.88. The number of benzene rings is 1. The van der Waals surface area contributed by atoms with Crippen LogP contribution >= 0.6 is 0 Å². The third-order valence-electron chi connectivity index (χ3n) is 5.88. The number of aromatic nitrogens is 4. The first kappa shape index (κ1) is 21.9. The number of anilines is 1. The second kappa shape index (κ2) is 9.32. The molecule has 30 heavy (non-hydrogen) atoms. The fraction of sp³-hybridized carbons (Fsp3) is 0.522. The van der Waals surface area contributed by atoms with Gasteiger partial charge in [0.1, 0.15) is 0 Å². The highest BCUT2D eigenvalue weighted by Gasteiger charge is 2.22. The number of aryl methyl sites for hydroxylation is 2. The highest BCUT2D eigenvalue weighted by atomic mass is 16.2. The van der Waals surface area contributed by atoms with Gasteiger partial charge >= 0.3 is 5.69 Å². The molecule has 1 fully saturated rings. The molecule has 1 aliphatic rings. The van der Waals surface area contributed by atoms with Crippen molar-refractivity contribution in [3.05, 3.63) is 56.2 Å². The van der Waals surface area contributed by atoms with E-state index in [1.165, 1.54) is 30.9 Å². The Balaban J connectivity index is 0.00000124. The molecule has 4 rings (SSSR count). The minimum atomic E-state index is -0.359. The van der Waals surface area contributed by atoms with E-state index in [0.29, 0.717) is 29.7 Å². The molecule has 0 spiro atoms. The fourth-order valence-electron chi connectivity index (χ4n) is 4.10. The molecule has 0 bridgehead atoms. The van der Waals surface area contributed by atoms with Gasteiger partial charge in [0.25, 0.3) is 5.56 Å². The summed E-state index contributed by atoms with van der Waals surface area (Å²) < 4.78 is 4.55. The molecule has 1 aromatic carbocycles. The first-order valence-electron chi connectivity index (χ1n) is 10.9. The van der Waals surface area contributed by atoms with Crippen LogP contribution in [0.4, 0.5) is 5.95 Å². The van der Waals surface area contributed by atoms with Gasteiger partial charge in [-0.2, -0.15) is 4.98 Å². The van der Waals surface area contributed by atoms with E-state index in [9.17, 15) is 9.59 Å². The lowest BCUT2D eigenvalue weighted by molar-refractivity contribution is 0.459. The Morgan fingerprint density at radius 2 is 1.70 bits per heavy atom. The quantitative estimate of drug-likeness (QED) is 0.712. The number of rotatable bonds is 4. The summed E-state index contributed by atoms with van der Waals surface area (Å²) in [6.07, 6.45) is 5.88. The van der Waals surface area contributed by atoms with Crippen molar-refractivity contribution in [2.75, 3.05) is 5.32 Å². The van der Waals surface area contributed by atoms with Crippen molar-refractivity contribution in [2.24, 2.45) is 14.1 Å². The largest absolute Gasteiger partial charge is 0.353 e. The number of imidazole rings is 1. The molecule has 0 aliphatic heterocycles. The summed E-state index contributed by atoms with van der Waals surface area (Å²) in [4.78, 5) is 30.0. The lowest BCUT2D eigenvalue weighted by Crippen LogP contribution is -2.37.